The maximum absolute atomic E-state index is 13.4. The molecule has 1 aromatic rings. The molecule has 0 bridgehead atoms. The van der Waals surface area contributed by atoms with Crippen LogP contribution in [0.25, 0.3) is 0 Å². The van der Waals surface area contributed by atoms with Gasteiger partial charge in [0.15, 0.2) is 0 Å². The molecule has 0 heterocycles. The lowest BCUT2D eigenvalue weighted by Crippen LogP contribution is -2.41. The van der Waals surface area contributed by atoms with E-state index in [-0.39, 0.29) is 12.4 Å². The van der Waals surface area contributed by atoms with Gasteiger partial charge in [0.25, 0.3) is 0 Å². The summed E-state index contributed by atoms with van der Waals surface area (Å²) in [7, 11) is 1.61. The van der Waals surface area contributed by atoms with Crippen molar-refractivity contribution in [1.82, 2.24) is 0 Å². The lowest BCUT2D eigenvalue weighted by Gasteiger charge is -2.22. The number of nitrogens with zero attached hydrogens (tertiary/aromatic N) is 1. The first-order chi connectivity index (χ1) is 7.82. The Labute approximate surface area is 104 Å². The number of halogens is 2. The van der Waals surface area contributed by atoms with Crippen molar-refractivity contribution >= 4 is 23.3 Å². The first-order valence-electron chi connectivity index (χ1n) is 4.98. The Bertz CT molecular complexity index is 440. The van der Waals surface area contributed by atoms with Crippen molar-refractivity contribution in [2.45, 2.75) is 13.0 Å². The molecule has 0 aliphatic carbocycles. The highest BCUT2D eigenvalue weighted by atomic mass is 35.5. The number of rotatable bonds is 4. The largest absolute Gasteiger partial charge is 0.480 e. The molecule has 1 atom stereocenters. The van der Waals surface area contributed by atoms with Crippen LogP contribution in [0.4, 0.5) is 10.1 Å². The average Bonchev–Trinajstić information content (AvgIpc) is 2.22. The molecule has 1 aromatic carbocycles. The number of hydrogen-bond donors (Lipinski definition) is 2. The fourth-order valence-corrected chi connectivity index (χ4v) is 1.76. The van der Waals surface area contributed by atoms with Crippen LogP contribution in [0.3, 0.4) is 0 Å². The highest BCUT2D eigenvalue weighted by Crippen LogP contribution is 2.27. The number of carbonyl (C=O) groups is 1. The lowest BCUT2D eigenvalue weighted by atomic mass is 10.2. The second-order valence-electron chi connectivity index (χ2n) is 3.88. The SMILES string of the molecule is Cc1cc(Cl)c(N(C)CC(N)C(=O)O)cc1F. The Balaban J connectivity index is 2.92. The van der Waals surface area contributed by atoms with Crippen molar-refractivity contribution in [3.8, 4) is 0 Å². The summed E-state index contributed by atoms with van der Waals surface area (Å²) in [5.41, 5.74) is 6.26. The normalized spacial score (nSPS) is 12.3. The second-order valence-corrected chi connectivity index (χ2v) is 4.29. The zero-order valence-corrected chi connectivity index (χ0v) is 10.3. The van der Waals surface area contributed by atoms with Crippen molar-refractivity contribution < 1.29 is 14.3 Å². The second kappa shape index (κ2) is 5.33. The van der Waals surface area contributed by atoms with Crippen LogP contribution in [0, 0.1) is 12.7 Å². The van der Waals surface area contributed by atoms with Gasteiger partial charge in [0.2, 0.25) is 0 Å². The van der Waals surface area contributed by atoms with Crippen LogP contribution in [0.15, 0.2) is 12.1 Å². The van der Waals surface area contributed by atoms with Crippen LogP contribution in [-0.2, 0) is 4.79 Å². The number of hydrogen-bond acceptors (Lipinski definition) is 3. The third kappa shape index (κ3) is 3.31. The number of likely N-dealkylation sites (N-methyl/N-ethyl adjacent to an activating group) is 1. The number of aryl methyl sites for hydroxylation is 1. The van der Waals surface area contributed by atoms with Gasteiger partial charge in [0.05, 0.1) is 10.7 Å². The highest BCUT2D eigenvalue weighted by Gasteiger charge is 2.17. The molecule has 4 nitrogen and oxygen atoms in total. The third-order valence-electron chi connectivity index (χ3n) is 2.43. The predicted molar refractivity (Wildman–Crippen MR) is 65.0 cm³/mol. The number of nitrogens with two attached hydrogens (primary N) is 1. The van der Waals surface area contributed by atoms with E-state index < -0.39 is 12.0 Å². The molecule has 0 amide bonds. The zero-order chi connectivity index (χ0) is 13.2. The van der Waals surface area contributed by atoms with E-state index in [2.05, 4.69) is 0 Å². The van der Waals surface area contributed by atoms with Crippen molar-refractivity contribution in [1.29, 1.82) is 0 Å². The van der Waals surface area contributed by atoms with Gasteiger partial charge in [0, 0.05) is 13.6 Å². The number of carboxylic acid groups (broad SMARTS) is 1. The van der Waals surface area contributed by atoms with E-state index in [0.29, 0.717) is 16.3 Å². The van der Waals surface area contributed by atoms with Gasteiger partial charge >= 0.3 is 5.97 Å². The van der Waals surface area contributed by atoms with E-state index in [4.69, 9.17) is 22.4 Å². The topological polar surface area (TPSA) is 66.6 Å². The smallest absolute Gasteiger partial charge is 0.322 e. The summed E-state index contributed by atoms with van der Waals surface area (Å²) in [6.45, 7) is 1.66. The summed E-state index contributed by atoms with van der Waals surface area (Å²) in [4.78, 5) is 12.1. The van der Waals surface area contributed by atoms with E-state index in [1.54, 1.807) is 14.0 Å². The third-order valence-corrected chi connectivity index (χ3v) is 2.73. The molecule has 0 spiro atoms. The summed E-state index contributed by atoms with van der Waals surface area (Å²) in [6.07, 6.45) is 0. The minimum absolute atomic E-state index is 0.0531. The summed E-state index contributed by atoms with van der Waals surface area (Å²) < 4.78 is 13.4. The van der Waals surface area contributed by atoms with Gasteiger partial charge in [-0.05, 0) is 24.6 Å². The van der Waals surface area contributed by atoms with E-state index >= 15 is 0 Å². The Morgan fingerprint density at radius 1 is 1.65 bits per heavy atom. The molecule has 94 valence electrons. The molecule has 0 saturated carbocycles. The minimum Gasteiger partial charge on any atom is -0.480 e. The van der Waals surface area contributed by atoms with Crippen LogP contribution in [0.2, 0.25) is 5.02 Å². The lowest BCUT2D eigenvalue weighted by molar-refractivity contribution is -0.138. The molecule has 0 aromatic heterocycles. The zero-order valence-electron chi connectivity index (χ0n) is 9.58. The van der Waals surface area contributed by atoms with Crippen LogP contribution in [0.5, 0.6) is 0 Å². The predicted octanol–water partition coefficient (Wildman–Crippen LogP) is 1.64. The van der Waals surface area contributed by atoms with Crippen LogP contribution < -0.4 is 10.6 Å². The van der Waals surface area contributed by atoms with Gasteiger partial charge in [-0.3, -0.25) is 4.79 Å². The molecule has 1 rings (SSSR count). The van der Waals surface area contributed by atoms with Gasteiger partial charge in [-0.1, -0.05) is 11.6 Å². The Morgan fingerprint density at radius 3 is 2.76 bits per heavy atom. The first-order valence-corrected chi connectivity index (χ1v) is 5.36. The molecule has 6 heteroatoms. The molecule has 0 fully saturated rings. The Kier molecular flexibility index (Phi) is 4.31. The molecule has 3 N–H and O–H groups in total. The summed E-state index contributed by atoms with van der Waals surface area (Å²) >= 11 is 5.96. The Hall–Kier alpha value is -1.33. The van der Waals surface area contributed by atoms with E-state index in [9.17, 15) is 9.18 Å². The van der Waals surface area contributed by atoms with Gasteiger partial charge in [-0.2, -0.15) is 0 Å². The molecule has 0 aliphatic rings. The van der Waals surface area contributed by atoms with E-state index in [0.717, 1.165) is 0 Å². The monoisotopic (exact) mass is 260 g/mol. The Morgan fingerprint density at radius 2 is 2.24 bits per heavy atom. The van der Waals surface area contributed by atoms with Gasteiger partial charge < -0.3 is 15.7 Å². The van der Waals surface area contributed by atoms with Gasteiger partial charge in [-0.25, -0.2) is 4.39 Å². The maximum Gasteiger partial charge on any atom is 0.322 e. The van der Waals surface area contributed by atoms with Crippen molar-refractivity contribution in [3.63, 3.8) is 0 Å². The van der Waals surface area contributed by atoms with Crippen LogP contribution >= 0.6 is 11.6 Å². The van der Waals surface area contributed by atoms with Crippen LogP contribution in [-0.4, -0.2) is 30.7 Å². The van der Waals surface area contributed by atoms with Crippen molar-refractivity contribution in [3.05, 3.63) is 28.5 Å². The molecule has 0 aliphatic heterocycles. The van der Waals surface area contributed by atoms with Crippen LogP contribution in [0.1, 0.15) is 5.56 Å². The molecule has 17 heavy (non-hydrogen) atoms. The average molecular weight is 261 g/mol. The molecule has 1 unspecified atom stereocenters. The van der Waals surface area contributed by atoms with Crippen molar-refractivity contribution in [2.24, 2.45) is 5.73 Å². The molecule has 0 radical (unpaired) electrons. The summed E-state index contributed by atoms with van der Waals surface area (Å²) in [6, 6.07) is 1.72. The number of benzene rings is 1. The number of carboxylic acids is 1. The minimum atomic E-state index is -1.11. The summed E-state index contributed by atoms with van der Waals surface area (Å²) in [5, 5.41) is 9.05. The van der Waals surface area contributed by atoms with E-state index in [1.807, 2.05) is 0 Å². The number of anilines is 1. The molecular formula is C11H14ClFN2O2. The van der Waals surface area contributed by atoms with E-state index in [1.165, 1.54) is 17.0 Å². The van der Waals surface area contributed by atoms with Gasteiger partial charge in [-0.15, -0.1) is 0 Å². The molecular weight excluding hydrogens is 247 g/mol. The maximum atomic E-state index is 13.4. The molecule has 0 saturated heterocycles. The highest BCUT2D eigenvalue weighted by molar-refractivity contribution is 6.33. The fraction of sp³-hybridized carbons (Fsp3) is 0.364. The standard InChI is InChI=1S/C11H14ClFN2O2/c1-6-3-7(12)10(4-8(6)13)15(2)5-9(14)11(16)17/h3-4,9H,5,14H2,1-2H3,(H,16,17). The quantitative estimate of drug-likeness (QED) is 0.864. The fourth-order valence-electron chi connectivity index (χ4n) is 1.40. The number of aliphatic carboxylic acids is 1. The van der Waals surface area contributed by atoms with Gasteiger partial charge in [0.1, 0.15) is 11.9 Å². The van der Waals surface area contributed by atoms with Crippen molar-refractivity contribution in [2.75, 3.05) is 18.5 Å². The summed E-state index contributed by atoms with van der Waals surface area (Å²) in [5.74, 6) is -1.50. The first kappa shape index (κ1) is 13.7.